The van der Waals surface area contributed by atoms with Crippen molar-refractivity contribution in [1.82, 2.24) is 0 Å². The van der Waals surface area contributed by atoms with Crippen LogP contribution in [0, 0.1) is 0 Å². The number of hydrogen-bond donors (Lipinski definition) is 0. The highest BCUT2D eigenvalue weighted by Gasteiger charge is 2.04. The molecule has 0 amide bonds. The number of allylic oxidation sites excluding steroid dienone is 2. The Morgan fingerprint density at radius 2 is 1.52 bits per heavy atom. The molecule has 0 bridgehead atoms. The van der Waals surface area contributed by atoms with E-state index in [9.17, 15) is 4.79 Å². The highest BCUT2D eigenvalue weighted by molar-refractivity contribution is 5.72. The fourth-order valence-electron chi connectivity index (χ4n) is 1.53. The van der Waals surface area contributed by atoms with Crippen LogP contribution in [0.15, 0.2) is 47.6 Å². The summed E-state index contributed by atoms with van der Waals surface area (Å²) in [4.78, 5) is 11.6. The van der Waals surface area contributed by atoms with Crippen molar-refractivity contribution in [1.29, 1.82) is 0 Å². The van der Waals surface area contributed by atoms with Gasteiger partial charge in [0.15, 0.2) is 0 Å². The predicted molar refractivity (Wildman–Crippen MR) is 85.5 cm³/mol. The lowest BCUT2D eigenvalue weighted by Crippen LogP contribution is -2.08. The Hall–Kier alpha value is -2.03. The van der Waals surface area contributed by atoms with Crippen molar-refractivity contribution in [3.63, 3.8) is 0 Å². The molecule has 1 rings (SSSR count). The molecule has 3 nitrogen and oxygen atoms in total. The Morgan fingerprint density at radius 1 is 0.952 bits per heavy atom. The minimum atomic E-state index is -0.217. The number of carbonyl (C=O) groups excluding carboxylic acids is 1. The van der Waals surface area contributed by atoms with Crippen molar-refractivity contribution in [3.8, 4) is 5.75 Å². The van der Waals surface area contributed by atoms with Crippen molar-refractivity contribution < 1.29 is 14.3 Å². The maximum Gasteiger partial charge on any atom is 0.310 e. The third kappa shape index (κ3) is 7.98. The van der Waals surface area contributed by atoms with Gasteiger partial charge in [-0.3, -0.25) is 4.79 Å². The summed E-state index contributed by atoms with van der Waals surface area (Å²) in [7, 11) is 0. The van der Waals surface area contributed by atoms with E-state index in [0.29, 0.717) is 13.2 Å². The van der Waals surface area contributed by atoms with Crippen LogP contribution in [0.4, 0.5) is 0 Å². The van der Waals surface area contributed by atoms with Gasteiger partial charge in [0.1, 0.15) is 19.0 Å². The molecule has 0 aliphatic rings. The molecule has 1 aromatic rings. The van der Waals surface area contributed by atoms with Crippen LogP contribution in [-0.4, -0.2) is 19.2 Å². The van der Waals surface area contributed by atoms with Crippen LogP contribution in [-0.2, 0) is 16.0 Å². The number of esters is 1. The molecule has 0 N–H and O–H groups in total. The highest BCUT2D eigenvalue weighted by Crippen LogP contribution is 2.13. The molecule has 0 aliphatic carbocycles. The molecule has 0 aliphatic heterocycles. The first-order valence-corrected chi connectivity index (χ1v) is 7.11. The lowest BCUT2D eigenvalue weighted by atomic mass is 10.1. The molecular formula is C18H24O3. The van der Waals surface area contributed by atoms with Crippen LogP contribution in [0.3, 0.4) is 0 Å². The Balaban J connectivity index is 2.41. The Kier molecular flexibility index (Phi) is 7.30. The molecule has 114 valence electrons. The molecular weight excluding hydrogens is 264 g/mol. The van der Waals surface area contributed by atoms with Gasteiger partial charge in [-0.1, -0.05) is 23.3 Å². The van der Waals surface area contributed by atoms with Gasteiger partial charge in [-0.2, -0.15) is 0 Å². The van der Waals surface area contributed by atoms with E-state index < -0.39 is 0 Å². The molecule has 3 heteroatoms. The minimum Gasteiger partial charge on any atom is -0.490 e. The summed E-state index contributed by atoms with van der Waals surface area (Å²) in [5.74, 6) is 0.583. The molecule has 0 aromatic heterocycles. The number of rotatable bonds is 7. The summed E-state index contributed by atoms with van der Waals surface area (Å²) in [6.07, 6.45) is 4.19. The Morgan fingerprint density at radius 3 is 2.10 bits per heavy atom. The van der Waals surface area contributed by atoms with Gasteiger partial charge in [-0.15, -0.1) is 0 Å². The van der Waals surface area contributed by atoms with Gasteiger partial charge in [0.05, 0.1) is 6.42 Å². The topological polar surface area (TPSA) is 35.5 Å². The average Bonchev–Trinajstić information content (AvgIpc) is 2.40. The van der Waals surface area contributed by atoms with Crippen molar-refractivity contribution in [2.45, 2.75) is 34.1 Å². The maximum absolute atomic E-state index is 11.6. The largest absolute Gasteiger partial charge is 0.490 e. The standard InChI is InChI=1S/C18H24O3/c1-14(2)9-11-20-17-7-5-16(6-8-17)13-18(19)21-12-10-15(3)4/h5-10H,11-13H2,1-4H3. The molecule has 0 fully saturated rings. The summed E-state index contributed by atoms with van der Waals surface area (Å²) in [6.45, 7) is 8.92. The van der Waals surface area contributed by atoms with E-state index in [2.05, 4.69) is 0 Å². The third-order valence-electron chi connectivity index (χ3n) is 2.75. The Bertz CT molecular complexity index is 502. The lowest BCUT2D eigenvalue weighted by Gasteiger charge is -2.06. The maximum atomic E-state index is 11.6. The summed E-state index contributed by atoms with van der Waals surface area (Å²) in [6, 6.07) is 7.52. The summed E-state index contributed by atoms with van der Waals surface area (Å²) in [5.41, 5.74) is 3.29. The quantitative estimate of drug-likeness (QED) is 0.560. The zero-order valence-corrected chi connectivity index (χ0v) is 13.3. The van der Waals surface area contributed by atoms with Crippen molar-refractivity contribution in [3.05, 3.63) is 53.1 Å². The van der Waals surface area contributed by atoms with E-state index in [1.807, 2.05) is 64.1 Å². The zero-order valence-electron chi connectivity index (χ0n) is 13.3. The van der Waals surface area contributed by atoms with E-state index in [0.717, 1.165) is 16.9 Å². The average molecular weight is 288 g/mol. The van der Waals surface area contributed by atoms with E-state index in [-0.39, 0.29) is 12.4 Å². The van der Waals surface area contributed by atoms with Crippen LogP contribution < -0.4 is 4.74 Å². The van der Waals surface area contributed by atoms with Crippen LogP contribution >= 0.6 is 0 Å². The van der Waals surface area contributed by atoms with Gasteiger partial charge in [-0.05, 0) is 57.5 Å². The molecule has 0 spiro atoms. The monoisotopic (exact) mass is 288 g/mol. The lowest BCUT2D eigenvalue weighted by molar-refractivity contribution is -0.141. The zero-order chi connectivity index (χ0) is 15.7. The molecule has 0 unspecified atom stereocenters. The molecule has 0 heterocycles. The van der Waals surface area contributed by atoms with Crippen LogP contribution in [0.5, 0.6) is 5.75 Å². The van der Waals surface area contributed by atoms with Gasteiger partial charge in [-0.25, -0.2) is 0 Å². The van der Waals surface area contributed by atoms with Crippen LogP contribution in [0.1, 0.15) is 33.3 Å². The fraction of sp³-hybridized carbons (Fsp3) is 0.389. The van der Waals surface area contributed by atoms with Gasteiger partial charge in [0, 0.05) is 0 Å². The van der Waals surface area contributed by atoms with Gasteiger partial charge >= 0.3 is 5.97 Å². The second-order valence-electron chi connectivity index (χ2n) is 5.38. The second kappa shape index (κ2) is 9.01. The molecule has 0 atom stereocenters. The second-order valence-corrected chi connectivity index (χ2v) is 5.38. The van der Waals surface area contributed by atoms with Crippen LogP contribution in [0.25, 0.3) is 0 Å². The number of hydrogen-bond acceptors (Lipinski definition) is 3. The predicted octanol–water partition coefficient (Wildman–Crippen LogP) is 4.08. The first kappa shape index (κ1) is 17.0. The first-order valence-electron chi connectivity index (χ1n) is 7.11. The smallest absolute Gasteiger partial charge is 0.310 e. The van der Waals surface area contributed by atoms with Crippen LogP contribution in [0.2, 0.25) is 0 Å². The van der Waals surface area contributed by atoms with Gasteiger partial charge < -0.3 is 9.47 Å². The third-order valence-corrected chi connectivity index (χ3v) is 2.75. The van der Waals surface area contributed by atoms with Gasteiger partial charge in [0.25, 0.3) is 0 Å². The molecule has 21 heavy (non-hydrogen) atoms. The molecule has 1 aromatic carbocycles. The number of carbonyl (C=O) groups is 1. The number of ether oxygens (including phenoxy) is 2. The molecule has 0 radical (unpaired) electrons. The Labute approximate surface area is 127 Å². The summed E-state index contributed by atoms with van der Waals surface area (Å²) >= 11 is 0. The number of benzene rings is 1. The van der Waals surface area contributed by atoms with E-state index in [1.165, 1.54) is 5.57 Å². The fourth-order valence-corrected chi connectivity index (χ4v) is 1.53. The minimum absolute atomic E-state index is 0.217. The highest BCUT2D eigenvalue weighted by atomic mass is 16.5. The van der Waals surface area contributed by atoms with Crippen molar-refractivity contribution in [2.24, 2.45) is 0 Å². The normalized spacial score (nSPS) is 9.71. The molecule has 0 saturated carbocycles. The van der Waals surface area contributed by atoms with Crippen molar-refractivity contribution >= 4 is 5.97 Å². The van der Waals surface area contributed by atoms with E-state index in [1.54, 1.807) is 0 Å². The van der Waals surface area contributed by atoms with Crippen molar-refractivity contribution in [2.75, 3.05) is 13.2 Å². The SMILES string of the molecule is CC(C)=CCOC(=O)Cc1ccc(OCC=C(C)C)cc1. The first-order chi connectivity index (χ1) is 9.97. The molecule has 0 saturated heterocycles. The van der Waals surface area contributed by atoms with E-state index in [4.69, 9.17) is 9.47 Å². The van der Waals surface area contributed by atoms with Gasteiger partial charge in [0.2, 0.25) is 0 Å². The summed E-state index contributed by atoms with van der Waals surface area (Å²) in [5, 5.41) is 0. The summed E-state index contributed by atoms with van der Waals surface area (Å²) < 4.78 is 10.7. The van der Waals surface area contributed by atoms with E-state index >= 15 is 0 Å².